The van der Waals surface area contributed by atoms with E-state index >= 15 is 0 Å². The number of carbonyl (C=O) groups is 1. The number of pyridine rings is 1. The van der Waals surface area contributed by atoms with E-state index in [0.29, 0.717) is 27.2 Å². The molecule has 4 heterocycles. The third kappa shape index (κ3) is 4.12. The van der Waals surface area contributed by atoms with E-state index in [1.165, 1.54) is 17.2 Å². The lowest BCUT2D eigenvalue weighted by atomic mass is 10.0. The molecule has 0 bridgehead atoms. The van der Waals surface area contributed by atoms with Crippen molar-refractivity contribution in [3.05, 3.63) is 63.9 Å². The molecule has 0 amide bonds. The molecule has 0 radical (unpaired) electrons. The second kappa shape index (κ2) is 8.24. The fraction of sp³-hybridized carbons (Fsp3) is 0.222. The summed E-state index contributed by atoms with van der Waals surface area (Å²) in [7, 11) is 1.58. The number of hydrogen-bond acceptors (Lipinski definition) is 7. The van der Waals surface area contributed by atoms with Crippen LogP contribution >= 0.6 is 23.2 Å². The summed E-state index contributed by atoms with van der Waals surface area (Å²) >= 11 is 12.2. The number of Topliss-reactive ketones (excluding diaryl/α,β-unsaturated/α-hetero) is 1. The highest BCUT2D eigenvalue weighted by Gasteiger charge is 2.16. The molecule has 0 aliphatic rings. The van der Waals surface area contributed by atoms with Gasteiger partial charge >= 0.3 is 0 Å². The van der Waals surface area contributed by atoms with Crippen LogP contribution in [-0.4, -0.2) is 47.5 Å². The van der Waals surface area contributed by atoms with Crippen molar-refractivity contribution in [2.75, 3.05) is 7.11 Å². The standard InChI is InChI=1S/C18H15Cl2N7O2/c1-29-10-15-12(9-21-17-7-16(20)25-26(15)17)6-13(28)4-11-5-14(19)18(22-8-11)27-23-2-3-24-27/h2-3,5,7-9H,4,6,10H2,1H3. The van der Waals surface area contributed by atoms with E-state index in [9.17, 15) is 4.79 Å². The Morgan fingerprint density at radius 3 is 2.62 bits per heavy atom. The Balaban J connectivity index is 1.54. The number of aromatic nitrogens is 7. The molecule has 0 spiro atoms. The van der Waals surface area contributed by atoms with Gasteiger partial charge in [0.25, 0.3) is 0 Å². The van der Waals surface area contributed by atoms with Crippen molar-refractivity contribution in [3.8, 4) is 5.82 Å². The maximum Gasteiger partial charge on any atom is 0.193 e. The number of halogens is 2. The van der Waals surface area contributed by atoms with Gasteiger partial charge in [-0.1, -0.05) is 23.2 Å². The van der Waals surface area contributed by atoms with E-state index < -0.39 is 0 Å². The maximum atomic E-state index is 12.7. The van der Waals surface area contributed by atoms with Gasteiger partial charge in [-0.2, -0.15) is 15.3 Å². The summed E-state index contributed by atoms with van der Waals surface area (Å²) in [6, 6.07) is 3.34. The van der Waals surface area contributed by atoms with Crippen LogP contribution in [-0.2, 0) is 29.0 Å². The summed E-state index contributed by atoms with van der Waals surface area (Å²) in [5.74, 6) is 0.380. The van der Waals surface area contributed by atoms with Crippen molar-refractivity contribution in [1.29, 1.82) is 0 Å². The molecule has 0 aromatic carbocycles. The Labute approximate surface area is 175 Å². The third-order valence-corrected chi connectivity index (χ3v) is 4.66. The van der Waals surface area contributed by atoms with Crippen molar-refractivity contribution in [2.24, 2.45) is 0 Å². The first kappa shape index (κ1) is 19.4. The molecule has 4 aromatic heterocycles. The average molecular weight is 432 g/mol. The topological polar surface area (TPSA) is 100 Å². The van der Waals surface area contributed by atoms with Crippen LogP contribution in [0.4, 0.5) is 0 Å². The van der Waals surface area contributed by atoms with Crippen molar-refractivity contribution < 1.29 is 9.53 Å². The average Bonchev–Trinajstić information content (AvgIpc) is 3.33. The Morgan fingerprint density at radius 1 is 1.10 bits per heavy atom. The van der Waals surface area contributed by atoms with Gasteiger partial charge in [0.2, 0.25) is 0 Å². The highest BCUT2D eigenvalue weighted by Crippen LogP contribution is 2.20. The lowest BCUT2D eigenvalue weighted by molar-refractivity contribution is -0.117. The van der Waals surface area contributed by atoms with Crippen LogP contribution < -0.4 is 0 Å². The largest absolute Gasteiger partial charge is 0.378 e. The molecule has 4 aromatic rings. The number of carbonyl (C=O) groups excluding carboxylic acids is 1. The van der Waals surface area contributed by atoms with Crippen LogP contribution in [0, 0.1) is 0 Å². The molecule has 0 aliphatic heterocycles. The lowest BCUT2D eigenvalue weighted by Gasteiger charge is -2.10. The number of ether oxygens (including phenoxy) is 1. The summed E-state index contributed by atoms with van der Waals surface area (Å²) in [6.07, 6.45) is 6.64. The zero-order valence-corrected chi connectivity index (χ0v) is 16.8. The first-order valence-electron chi connectivity index (χ1n) is 8.59. The molecule has 9 nitrogen and oxygen atoms in total. The predicted octanol–water partition coefficient (Wildman–Crippen LogP) is 2.51. The first-order chi connectivity index (χ1) is 14.0. The van der Waals surface area contributed by atoms with E-state index in [-0.39, 0.29) is 25.2 Å². The van der Waals surface area contributed by atoms with E-state index in [4.69, 9.17) is 27.9 Å². The third-order valence-electron chi connectivity index (χ3n) is 4.20. The molecular weight excluding hydrogens is 417 g/mol. The van der Waals surface area contributed by atoms with Crippen LogP contribution in [0.15, 0.2) is 36.9 Å². The Morgan fingerprint density at radius 2 is 1.90 bits per heavy atom. The minimum absolute atomic E-state index is 0.0235. The molecule has 0 unspecified atom stereocenters. The van der Waals surface area contributed by atoms with Crippen LogP contribution in [0.2, 0.25) is 10.2 Å². The zero-order chi connectivity index (χ0) is 20.4. The van der Waals surface area contributed by atoms with E-state index in [1.54, 1.807) is 36.2 Å². The molecule has 0 atom stereocenters. The van der Waals surface area contributed by atoms with Crippen LogP contribution in [0.3, 0.4) is 0 Å². The summed E-state index contributed by atoms with van der Waals surface area (Å²) in [5, 5.41) is 12.9. The minimum atomic E-state index is -0.0235. The monoisotopic (exact) mass is 431 g/mol. The Kier molecular flexibility index (Phi) is 5.52. The van der Waals surface area contributed by atoms with E-state index in [2.05, 4.69) is 25.3 Å². The summed E-state index contributed by atoms with van der Waals surface area (Å²) in [6.45, 7) is 0.276. The predicted molar refractivity (Wildman–Crippen MR) is 105 cm³/mol. The molecule has 0 aliphatic carbocycles. The minimum Gasteiger partial charge on any atom is -0.378 e. The summed E-state index contributed by atoms with van der Waals surface area (Å²) < 4.78 is 6.86. The van der Waals surface area contributed by atoms with Crippen molar-refractivity contribution in [1.82, 2.24) is 34.6 Å². The molecular formula is C18H15Cl2N7O2. The van der Waals surface area contributed by atoms with Gasteiger partial charge in [0.15, 0.2) is 16.6 Å². The highest BCUT2D eigenvalue weighted by atomic mass is 35.5. The number of rotatable bonds is 7. The van der Waals surface area contributed by atoms with E-state index in [1.807, 2.05) is 0 Å². The molecule has 0 fully saturated rings. The van der Waals surface area contributed by atoms with Crippen molar-refractivity contribution >= 4 is 34.6 Å². The van der Waals surface area contributed by atoms with Gasteiger partial charge in [-0.25, -0.2) is 14.5 Å². The van der Waals surface area contributed by atoms with Gasteiger partial charge in [-0.3, -0.25) is 4.79 Å². The summed E-state index contributed by atoms with van der Waals surface area (Å²) in [5.41, 5.74) is 2.74. The fourth-order valence-corrected chi connectivity index (χ4v) is 3.41. The van der Waals surface area contributed by atoms with Crippen LogP contribution in [0.5, 0.6) is 0 Å². The molecule has 11 heteroatoms. The van der Waals surface area contributed by atoms with Gasteiger partial charge in [-0.15, -0.1) is 4.80 Å². The van der Waals surface area contributed by atoms with Gasteiger partial charge in [-0.05, 0) is 11.6 Å². The number of fused-ring (bicyclic) bond motifs is 1. The molecule has 4 rings (SSSR count). The molecule has 148 valence electrons. The number of methoxy groups -OCH3 is 1. The van der Waals surface area contributed by atoms with Gasteiger partial charge in [0.1, 0.15) is 5.78 Å². The van der Waals surface area contributed by atoms with Crippen molar-refractivity contribution in [3.63, 3.8) is 0 Å². The quantitative estimate of drug-likeness (QED) is 0.442. The normalized spacial score (nSPS) is 11.3. The second-order valence-electron chi connectivity index (χ2n) is 6.26. The number of nitrogens with zero attached hydrogens (tertiary/aromatic N) is 7. The van der Waals surface area contributed by atoms with Gasteiger partial charge < -0.3 is 4.74 Å². The van der Waals surface area contributed by atoms with Crippen LogP contribution in [0.1, 0.15) is 16.8 Å². The zero-order valence-electron chi connectivity index (χ0n) is 15.3. The Bertz CT molecular complexity index is 1170. The maximum absolute atomic E-state index is 12.7. The fourth-order valence-electron chi connectivity index (χ4n) is 2.97. The highest BCUT2D eigenvalue weighted by molar-refractivity contribution is 6.32. The van der Waals surface area contributed by atoms with E-state index in [0.717, 1.165) is 11.3 Å². The molecule has 29 heavy (non-hydrogen) atoms. The SMILES string of the molecule is COCc1c(CC(=O)Cc2cnc(-n3nccn3)c(Cl)c2)cnc2cc(Cl)nn12. The number of ketones is 1. The first-order valence-corrected chi connectivity index (χ1v) is 9.34. The number of hydrogen-bond donors (Lipinski definition) is 0. The lowest BCUT2D eigenvalue weighted by Crippen LogP contribution is -2.13. The molecule has 0 saturated heterocycles. The van der Waals surface area contributed by atoms with Gasteiger partial charge in [0.05, 0.1) is 29.7 Å². The van der Waals surface area contributed by atoms with Crippen molar-refractivity contribution in [2.45, 2.75) is 19.4 Å². The van der Waals surface area contributed by atoms with Crippen LogP contribution in [0.25, 0.3) is 11.5 Å². The molecule has 0 saturated carbocycles. The second-order valence-corrected chi connectivity index (χ2v) is 7.05. The Hall–Kier alpha value is -2.88. The van der Waals surface area contributed by atoms with Gasteiger partial charge in [0, 0.05) is 44.0 Å². The smallest absolute Gasteiger partial charge is 0.193 e. The summed E-state index contributed by atoms with van der Waals surface area (Å²) in [4.78, 5) is 22.6. The molecule has 0 N–H and O–H groups in total.